The first-order valence-electron chi connectivity index (χ1n) is 9.08. The first-order valence-corrected chi connectivity index (χ1v) is 9.08. The Hall–Kier alpha value is -2.44. The van der Waals surface area contributed by atoms with E-state index in [1.807, 2.05) is 24.3 Å². The fraction of sp³-hybridized carbons (Fsp3) is 0.429. The molecule has 27 heavy (non-hydrogen) atoms. The van der Waals surface area contributed by atoms with Crippen molar-refractivity contribution in [2.24, 2.45) is 0 Å². The van der Waals surface area contributed by atoms with Crippen LogP contribution in [0.15, 0.2) is 36.4 Å². The summed E-state index contributed by atoms with van der Waals surface area (Å²) < 4.78 is 21.6. The minimum Gasteiger partial charge on any atom is -0.497 e. The van der Waals surface area contributed by atoms with E-state index < -0.39 is 0 Å². The molecule has 0 fully saturated rings. The van der Waals surface area contributed by atoms with Gasteiger partial charge in [-0.3, -0.25) is 0 Å². The van der Waals surface area contributed by atoms with Crippen LogP contribution in [-0.4, -0.2) is 49.1 Å². The second-order valence-electron chi connectivity index (χ2n) is 6.65. The lowest BCUT2D eigenvalue weighted by atomic mass is 10.0. The van der Waals surface area contributed by atoms with Gasteiger partial charge in [-0.25, -0.2) is 0 Å². The van der Waals surface area contributed by atoms with E-state index in [0.717, 1.165) is 41.7 Å². The number of hydrogen-bond donors (Lipinski definition) is 2. The SMILES string of the molecule is COc1ccc(OC)c(C[NH2+]C[C@H](c2ccc(OC)c(OC)c2)[NH+](C)C)c1. The van der Waals surface area contributed by atoms with Crippen LogP contribution in [0.1, 0.15) is 17.2 Å². The highest BCUT2D eigenvalue weighted by Gasteiger charge is 2.22. The summed E-state index contributed by atoms with van der Waals surface area (Å²) in [6.07, 6.45) is 0. The van der Waals surface area contributed by atoms with Gasteiger partial charge in [-0.05, 0) is 36.4 Å². The van der Waals surface area contributed by atoms with Crippen LogP contribution in [0.25, 0.3) is 0 Å². The van der Waals surface area contributed by atoms with Gasteiger partial charge < -0.3 is 29.2 Å². The number of hydrogen-bond acceptors (Lipinski definition) is 4. The maximum atomic E-state index is 5.48. The van der Waals surface area contributed by atoms with Gasteiger partial charge in [0.2, 0.25) is 0 Å². The topological polar surface area (TPSA) is 58.0 Å². The molecule has 0 aliphatic heterocycles. The summed E-state index contributed by atoms with van der Waals surface area (Å²) in [6.45, 7) is 1.75. The first-order chi connectivity index (χ1) is 13.0. The van der Waals surface area contributed by atoms with Gasteiger partial charge in [0.05, 0.1) is 48.1 Å². The predicted octanol–water partition coefficient (Wildman–Crippen LogP) is 0.670. The Morgan fingerprint density at radius 1 is 0.815 bits per heavy atom. The maximum Gasteiger partial charge on any atom is 0.162 e. The van der Waals surface area contributed by atoms with Crippen molar-refractivity contribution in [3.05, 3.63) is 47.5 Å². The van der Waals surface area contributed by atoms with Gasteiger partial charge in [-0.15, -0.1) is 0 Å². The lowest BCUT2D eigenvalue weighted by Crippen LogP contribution is -3.09. The van der Waals surface area contributed by atoms with Gasteiger partial charge in [0.15, 0.2) is 17.5 Å². The summed E-state index contributed by atoms with van der Waals surface area (Å²) in [7, 11) is 11.0. The quantitative estimate of drug-likeness (QED) is 0.640. The summed E-state index contributed by atoms with van der Waals surface area (Å²) in [6, 6.07) is 12.4. The van der Waals surface area contributed by atoms with E-state index in [0.29, 0.717) is 6.04 Å². The Morgan fingerprint density at radius 2 is 1.48 bits per heavy atom. The molecule has 2 rings (SSSR count). The molecule has 2 aromatic rings. The second kappa shape index (κ2) is 10.0. The van der Waals surface area contributed by atoms with Crippen molar-refractivity contribution in [1.82, 2.24) is 0 Å². The molecule has 3 N–H and O–H groups in total. The van der Waals surface area contributed by atoms with Crippen LogP contribution in [0, 0.1) is 0 Å². The van der Waals surface area contributed by atoms with E-state index in [9.17, 15) is 0 Å². The Labute approximate surface area is 162 Å². The molecular weight excluding hydrogens is 344 g/mol. The third kappa shape index (κ3) is 5.28. The van der Waals surface area contributed by atoms with Gasteiger partial charge >= 0.3 is 0 Å². The van der Waals surface area contributed by atoms with Crippen molar-refractivity contribution >= 4 is 0 Å². The van der Waals surface area contributed by atoms with E-state index in [2.05, 4.69) is 31.5 Å². The lowest BCUT2D eigenvalue weighted by molar-refractivity contribution is -0.910. The molecular formula is C21H32N2O4+2. The van der Waals surface area contributed by atoms with Gasteiger partial charge in [-0.2, -0.15) is 0 Å². The number of ether oxygens (including phenoxy) is 4. The number of rotatable bonds is 10. The molecule has 0 aliphatic rings. The van der Waals surface area contributed by atoms with Crippen molar-refractivity contribution in [2.45, 2.75) is 12.6 Å². The summed E-state index contributed by atoms with van der Waals surface area (Å²) >= 11 is 0. The Balaban J connectivity index is 2.12. The Bertz CT molecular complexity index is 734. The van der Waals surface area contributed by atoms with Crippen molar-refractivity contribution < 1.29 is 29.2 Å². The minimum atomic E-state index is 0.321. The molecule has 0 radical (unpaired) electrons. The highest BCUT2D eigenvalue weighted by molar-refractivity contribution is 5.43. The zero-order valence-electron chi connectivity index (χ0n) is 17.2. The molecule has 148 valence electrons. The van der Waals surface area contributed by atoms with Crippen molar-refractivity contribution in [1.29, 1.82) is 0 Å². The first kappa shape index (κ1) is 20.9. The van der Waals surface area contributed by atoms with E-state index >= 15 is 0 Å². The average Bonchev–Trinajstić information content (AvgIpc) is 2.70. The number of methoxy groups -OCH3 is 4. The standard InChI is InChI=1S/C21H30N2O4/c1-23(2)18(15-7-9-20(26-5)21(12-15)27-6)14-22-13-16-11-17(24-3)8-10-19(16)25-4/h7-12,18,22H,13-14H2,1-6H3/p+2/t18-/m1/s1. The number of nitrogens with one attached hydrogen (secondary N) is 1. The van der Waals surface area contributed by atoms with Crippen LogP contribution in [0.5, 0.6) is 23.0 Å². The van der Waals surface area contributed by atoms with Crippen LogP contribution < -0.4 is 29.2 Å². The Morgan fingerprint density at radius 3 is 2.07 bits per heavy atom. The molecule has 0 saturated carbocycles. The second-order valence-corrected chi connectivity index (χ2v) is 6.65. The van der Waals surface area contributed by atoms with E-state index in [4.69, 9.17) is 18.9 Å². The van der Waals surface area contributed by atoms with Gasteiger partial charge in [0.1, 0.15) is 24.6 Å². The number of likely N-dealkylation sites (N-methyl/N-ethyl adjacent to an activating group) is 1. The summed E-state index contributed by atoms with van der Waals surface area (Å²) in [4.78, 5) is 1.36. The molecule has 2 aromatic carbocycles. The zero-order valence-corrected chi connectivity index (χ0v) is 17.2. The van der Waals surface area contributed by atoms with Crippen molar-refractivity contribution in [3.63, 3.8) is 0 Å². The zero-order chi connectivity index (χ0) is 19.8. The molecule has 0 bridgehead atoms. The van der Waals surface area contributed by atoms with Crippen molar-refractivity contribution in [2.75, 3.05) is 49.1 Å². The van der Waals surface area contributed by atoms with Crippen LogP contribution in [0.2, 0.25) is 0 Å². The molecule has 0 amide bonds. The van der Waals surface area contributed by atoms with E-state index in [1.54, 1.807) is 28.4 Å². The van der Waals surface area contributed by atoms with Crippen LogP contribution in [0.3, 0.4) is 0 Å². The van der Waals surface area contributed by atoms with Crippen molar-refractivity contribution in [3.8, 4) is 23.0 Å². The molecule has 0 aliphatic carbocycles. The van der Waals surface area contributed by atoms with Gasteiger partial charge in [0, 0.05) is 5.56 Å². The molecule has 0 unspecified atom stereocenters. The molecule has 6 nitrogen and oxygen atoms in total. The van der Waals surface area contributed by atoms with E-state index in [1.165, 1.54) is 10.5 Å². The number of benzene rings is 2. The molecule has 1 atom stereocenters. The fourth-order valence-corrected chi connectivity index (χ4v) is 3.22. The molecule has 0 heterocycles. The summed E-state index contributed by atoms with van der Waals surface area (Å²) in [5.74, 6) is 3.23. The largest absolute Gasteiger partial charge is 0.497 e. The summed E-state index contributed by atoms with van der Waals surface area (Å²) in [5, 5.41) is 2.30. The number of quaternary nitrogens is 2. The molecule has 0 spiro atoms. The van der Waals surface area contributed by atoms with E-state index in [-0.39, 0.29) is 0 Å². The lowest BCUT2D eigenvalue weighted by Gasteiger charge is -2.21. The highest BCUT2D eigenvalue weighted by atomic mass is 16.5. The van der Waals surface area contributed by atoms with Crippen LogP contribution in [-0.2, 0) is 6.54 Å². The summed E-state index contributed by atoms with van der Waals surface area (Å²) in [5.41, 5.74) is 2.35. The molecule has 0 saturated heterocycles. The van der Waals surface area contributed by atoms with Gasteiger partial charge in [-0.1, -0.05) is 0 Å². The van der Waals surface area contributed by atoms with Crippen LogP contribution in [0.4, 0.5) is 0 Å². The smallest absolute Gasteiger partial charge is 0.162 e. The monoisotopic (exact) mass is 376 g/mol. The van der Waals surface area contributed by atoms with Crippen LogP contribution >= 0.6 is 0 Å². The normalized spacial score (nSPS) is 12.0. The third-order valence-corrected chi connectivity index (χ3v) is 4.76. The fourth-order valence-electron chi connectivity index (χ4n) is 3.22. The van der Waals surface area contributed by atoms with Gasteiger partial charge in [0.25, 0.3) is 0 Å². The third-order valence-electron chi connectivity index (χ3n) is 4.76. The molecule has 0 aromatic heterocycles. The minimum absolute atomic E-state index is 0.321. The highest BCUT2D eigenvalue weighted by Crippen LogP contribution is 2.29. The Kier molecular flexibility index (Phi) is 7.76. The number of nitrogens with two attached hydrogens (primary N) is 1. The predicted molar refractivity (Wildman–Crippen MR) is 105 cm³/mol. The molecule has 6 heteroatoms. The average molecular weight is 376 g/mol. The maximum absolute atomic E-state index is 5.48.